The Hall–Kier alpha value is -3.15. The highest BCUT2D eigenvalue weighted by Gasteiger charge is 2.38. The van der Waals surface area contributed by atoms with Crippen molar-refractivity contribution in [1.82, 2.24) is 15.0 Å². The molecule has 2 aliphatic heterocycles. The molecule has 1 unspecified atom stereocenters. The first-order valence-corrected chi connectivity index (χ1v) is 18.5. The fraction of sp³-hybridized carbons (Fsp3) is 0.559. The third-order valence-electron chi connectivity index (χ3n) is 9.38. The zero-order valence-corrected chi connectivity index (χ0v) is 28.2. The third kappa shape index (κ3) is 8.04. The molecule has 2 N–H and O–H groups in total. The van der Waals surface area contributed by atoms with E-state index in [4.69, 9.17) is 26.1 Å². The van der Waals surface area contributed by atoms with E-state index >= 15 is 0 Å². The molecule has 4 aliphatic rings. The SMILES string of the molecule is CO[C@H]1/C=C/C[C@H](C)CS(=O)(NC(=O)NC2CC2)=NC(=O)c2ccc3c(n2)N(Cc2ccc(Cl)cc2CCCCO3)C[C@@H]2CC[C@H]21. The van der Waals surface area contributed by atoms with E-state index < -0.39 is 21.9 Å². The summed E-state index contributed by atoms with van der Waals surface area (Å²) in [5, 5.41) is 3.51. The largest absolute Gasteiger partial charge is 0.490 e. The van der Waals surface area contributed by atoms with Crippen molar-refractivity contribution in [2.75, 3.05) is 30.9 Å². The number of hydrogen-bond acceptors (Lipinski definition) is 7. The molecule has 10 nitrogen and oxygen atoms in total. The first kappa shape index (κ1) is 32.8. The van der Waals surface area contributed by atoms with Gasteiger partial charge in [-0.1, -0.05) is 36.7 Å². The lowest BCUT2D eigenvalue weighted by atomic mass is 9.70. The van der Waals surface area contributed by atoms with Crippen LogP contribution in [0.3, 0.4) is 0 Å². The molecule has 2 aliphatic carbocycles. The number of aryl methyl sites for hydroxylation is 1. The number of nitrogens with one attached hydrogen (secondary N) is 2. The average molecular weight is 670 g/mol. The molecular weight excluding hydrogens is 626 g/mol. The van der Waals surface area contributed by atoms with Gasteiger partial charge in [0, 0.05) is 31.3 Å². The Morgan fingerprint density at radius 1 is 1.13 bits per heavy atom. The summed E-state index contributed by atoms with van der Waals surface area (Å²) in [6.45, 7) is 3.69. The molecule has 3 amide bonds. The van der Waals surface area contributed by atoms with Crippen LogP contribution in [0.4, 0.5) is 10.6 Å². The Bertz CT molecular complexity index is 1600. The van der Waals surface area contributed by atoms with Gasteiger partial charge in [-0.15, -0.1) is 4.36 Å². The Kier molecular flexibility index (Phi) is 10.2. The van der Waals surface area contributed by atoms with Crippen LogP contribution in [0.1, 0.15) is 73.5 Å². The van der Waals surface area contributed by atoms with Gasteiger partial charge < -0.3 is 19.7 Å². The quantitative estimate of drug-likeness (QED) is 0.380. The van der Waals surface area contributed by atoms with Gasteiger partial charge in [-0.3, -0.25) is 9.52 Å². The van der Waals surface area contributed by atoms with Crippen molar-refractivity contribution in [2.45, 2.75) is 77.0 Å². The molecule has 5 atom stereocenters. The van der Waals surface area contributed by atoms with Crippen LogP contribution in [0, 0.1) is 17.8 Å². The topological polar surface area (TPSA) is 122 Å². The van der Waals surface area contributed by atoms with E-state index in [9.17, 15) is 13.8 Å². The second kappa shape index (κ2) is 14.3. The number of pyridine rings is 1. The smallest absolute Gasteiger partial charge is 0.327 e. The second-order valence-electron chi connectivity index (χ2n) is 13.1. The highest BCUT2D eigenvalue weighted by molar-refractivity contribution is 7.92. The zero-order valence-electron chi connectivity index (χ0n) is 26.6. The number of aromatic nitrogens is 1. The Morgan fingerprint density at radius 3 is 2.74 bits per heavy atom. The normalized spacial score (nSPS) is 29.4. The van der Waals surface area contributed by atoms with Crippen LogP contribution in [-0.4, -0.2) is 59.3 Å². The molecule has 0 radical (unpaired) electrons. The van der Waals surface area contributed by atoms with Crippen LogP contribution < -0.4 is 19.7 Å². The molecule has 46 heavy (non-hydrogen) atoms. The molecule has 6 rings (SSSR count). The lowest BCUT2D eigenvalue weighted by molar-refractivity contribution is 0.0133. The number of methoxy groups -OCH3 is 1. The molecule has 2 fully saturated rings. The maximum absolute atomic E-state index is 14.2. The van der Waals surface area contributed by atoms with E-state index in [0.29, 0.717) is 54.5 Å². The van der Waals surface area contributed by atoms with Crippen LogP contribution in [0.5, 0.6) is 5.75 Å². The summed E-state index contributed by atoms with van der Waals surface area (Å²) < 4.78 is 33.2. The van der Waals surface area contributed by atoms with Crippen molar-refractivity contribution in [1.29, 1.82) is 0 Å². The number of ether oxygens (including phenoxy) is 2. The fourth-order valence-electron chi connectivity index (χ4n) is 6.61. The summed E-state index contributed by atoms with van der Waals surface area (Å²) in [6.07, 6.45) is 11.2. The number of urea groups is 1. The van der Waals surface area contributed by atoms with Gasteiger partial charge in [-0.2, -0.15) is 0 Å². The molecule has 12 heteroatoms. The van der Waals surface area contributed by atoms with Crippen LogP contribution >= 0.6 is 11.6 Å². The molecule has 0 spiro atoms. The third-order valence-corrected chi connectivity index (χ3v) is 11.6. The van der Waals surface area contributed by atoms with Crippen molar-refractivity contribution in [2.24, 2.45) is 22.1 Å². The number of anilines is 1. The number of benzene rings is 1. The monoisotopic (exact) mass is 669 g/mol. The number of amides is 3. The van der Waals surface area contributed by atoms with Crippen molar-refractivity contribution in [3.05, 3.63) is 64.3 Å². The summed E-state index contributed by atoms with van der Waals surface area (Å²) in [6, 6.07) is 8.86. The lowest BCUT2D eigenvalue weighted by Gasteiger charge is -2.43. The summed E-state index contributed by atoms with van der Waals surface area (Å²) in [5.41, 5.74) is 2.39. The summed E-state index contributed by atoms with van der Waals surface area (Å²) in [5.74, 6) is 0.945. The predicted molar refractivity (Wildman–Crippen MR) is 180 cm³/mol. The number of nitrogens with zero attached hydrogens (tertiary/aromatic N) is 3. The Labute approximate surface area is 277 Å². The molecule has 3 heterocycles. The van der Waals surface area contributed by atoms with E-state index in [-0.39, 0.29) is 29.5 Å². The van der Waals surface area contributed by atoms with Gasteiger partial charge >= 0.3 is 11.9 Å². The van der Waals surface area contributed by atoms with Gasteiger partial charge in [0.2, 0.25) is 0 Å². The minimum Gasteiger partial charge on any atom is -0.490 e. The average Bonchev–Trinajstić information content (AvgIpc) is 3.81. The summed E-state index contributed by atoms with van der Waals surface area (Å²) >= 11 is 6.43. The van der Waals surface area contributed by atoms with E-state index in [2.05, 4.69) is 37.5 Å². The molecular formula is C34H44ClN5O5S. The standard InChI is InChI=1S/C34H44ClN5O5S/c1-22-6-5-8-30(44-2)28-14-10-25(28)20-40-19-24-9-11-26(35)18-23(24)7-3-4-17-45-31-16-15-29(37-32(31)40)33(41)38-46(43,21-22)39-34(42)36-27-12-13-27/h5,8-9,11,15-16,18,22,25,27-28,30H,3-4,6-7,10,12-14,17,19-21H2,1-2H3,(H2,36,38,39,41,42,43)/b8-5+/t22-,25-,28+,30-,46?/m0/s1. The number of carbonyl (C=O) groups excluding carboxylic acids is 2. The molecule has 2 saturated carbocycles. The molecule has 2 bridgehead atoms. The zero-order chi connectivity index (χ0) is 32.3. The van der Waals surface area contributed by atoms with Crippen molar-refractivity contribution in [3.63, 3.8) is 0 Å². The lowest BCUT2D eigenvalue weighted by Crippen LogP contribution is -2.44. The van der Waals surface area contributed by atoms with Gasteiger partial charge in [-0.05, 0) is 105 Å². The van der Waals surface area contributed by atoms with Gasteiger partial charge in [-0.25, -0.2) is 14.0 Å². The van der Waals surface area contributed by atoms with Crippen LogP contribution in [0.2, 0.25) is 5.02 Å². The van der Waals surface area contributed by atoms with Crippen molar-refractivity contribution < 1.29 is 23.3 Å². The fourth-order valence-corrected chi connectivity index (χ4v) is 8.62. The van der Waals surface area contributed by atoms with Crippen LogP contribution in [-0.2, 0) is 27.6 Å². The molecule has 1 aromatic carbocycles. The molecule has 0 saturated heterocycles. The molecule has 2 aromatic rings. The van der Waals surface area contributed by atoms with Gasteiger partial charge in [0.05, 0.1) is 18.5 Å². The first-order chi connectivity index (χ1) is 22.2. The summed E-state index contributed by atoms with van der Waals surface area (Å²) in [7, 11) is -1.72. The first-order valence-electron chi connectivity index (χ1n) is 16.4. The second-order valence-corrected chi connectivity index (χ2v) is 15.6. The van der Waals surface area contributed by atoms with Gasteiger partial charge in [0.25, 0.3) is 0 Å². The van der Waals surface area contributed by atoms with E-state index in [1.165, 1.54) is 5.56 Å². The van der Waals surface area contributed by atoms with Gasteiger partial charge in [0.1, 0.15) is 15.6 Å². The Morgan fingerprint density at radius 2 is 1.98 bits per heavy atom. The minimum absolute atomic E-state index is 0.0182. The van der Waals surface area contributed by atoms with Gasteiger partial charge in [0.15, 0.2) is 11.6 Å². The maximum atomic E-state index is 14.2. The van der Waals surface area contributed by atoms with Crippen molar-refractivity contribution in [3.8, 4) is 5.75 Å². The van der Waals surface area contributed by atoms with E-state index in [1.54, 1.807) is 19.2 Å². The highest BCUT2D eigenvalue weighted by atomic mass is 35.5. The number of rotatable bonds is 3. The Balaban J connectivity index is 1.44. The van der Waals surface area contributed by atoms with Crippen LogP contribution in [0.15, 0.2) is 46.8 Å². The maximum Gasteiger partial charge on any atom is 0.327 e. The molecule has 1 aromatic heterocycles. The number of hydrogen-bond donors (Lipinski definition) is 2. The molecule has 248 valence electrons. The number of fused-ring (bicyclic) bond motifs is 3. The predicted octanol–water partition coefficient (Wildman–Crippen LogP) is 6.08. The summed E-state index contributed by atoms with van der Waals surface area (Å²) in [4.78, 5) is 33.5. The number of carbonyl (C=O) groups is 2. The van der Waals surface area contributed by atoms with E-state index in [0.717, 1.165) is 50.5 Å². The minimum atomic E-state index is -3.47. The number of halogens is 1. The van der Waals surface area contributed by atoms with E-state index in [1.807, 2.05) is 19.1 Å². The van der Waals surface area contributed by atoms with Crippen molar-refractivity contribution >= 4 is 39.3 Å². The van der Waals surface area contributed by atoms with Crippen LogP contribution in [0.25, 0.3) is 0 Å². The number of allylic oxidation sites excluding steroid dienone is 1. The highest BCUT2D eigenvalue weighted by Crippen LogP contribution is 2.41.